The van der Waals surface area contributed by atoms with Gasteiger partial charge in [0.2, 0.25) is 10.0 Å². The Kier molecular flexibility index (Phi) is 6.51. The van der Waals surface area contributed by atoms with Crippen LogP contribution in [0.4, 0.5) is 4.39 Å². The number of rotatable bonds is 6. The summed E-state index contributed by atoms with van der Waals surface area (Å²) in [6, 6.07) is 9.79. The topological polar surface area (TPSA) is 84.9 Å². The van der Waals surface area contributed by atoms with E-state index >= 15 is 0 Å². The first-order chi connectivity index (χ1) is 13.8. The SMILES string of the molecule is COc1ccc(C(C)NC(=O)c2ccc(S(=O)(=O)N3CCOCC3)cc2)cc1F. The molecule has 0 saturated carbocycles. The van der Waals surface area contributed by atoms with Crippen LogP contribution in [0.1, 0.15) is 28.9 Å². The van der Waals surface area contributed by atoms with Gasteiger partial charge in [-0.25, -0.2) is 12.8 Å². The lowest BCUT2D eigenvalue weighted by Crippen LogP contribution is -2.40. The highest BCUT2D eigenvalue weighted by atomic mass is 32.2. The first kappa shape index (κ1) is 21.2. The van der Waals surface area contributed by atoms with E-state index in [1.54, 1.807) is 13.0 Å². The van der Waals surface area contributed by atoms with Gasteiger partial charge in [-0.3, -0.25) is 4.79 Å². The first-order valence-electron chi connectivity index (χ1n) is 9.15. The number of nitrogens with zero attached hydrogens (tertiary/aromatic N) is 1. The summed E-state index contributed by atoms with van der Waals surface area (Å²) in [6.45, 7) is 3.07. The van der Waals surface area contributed by atoms with Gasteiger partial charge in [0.1, 0.15) is 0 Å². The molecule has 1 aliphatic heterocycles. The lowest BCUT2D eigenvalue weighted by molar-refractivity contribution is 0.0730. The van der Waals surface area contributed by atoms with Crippen LogP contribution in [0.15, 0.2) is 47.4 Å². The minimum Gasteiger partial charge on any atom is -0.494 e. The summed E-state index contributed by atoms with van der Waals surface area (Å²) in [4.78, 5) is 12.6. The van der Waals surface area contributed by atoms with E-state index in [4.69, 9.17) is 9.47 Å². The third-order valence-electron chi connectivity index (χ3n) is 4.75. The maximum absolute atomic E-state index is 13.9. The van der Waals surface area contributed by atoms with Gasteiger partial charge >= 0.3 is 0 Å². The fourth-order valence-electron chi connectivity index (χ4n) is 3.03. The molecule has 1 N–H and O–H groups in total. The molecule has 0 spiro atoms. The Balaban J connectivity index is 1.69. The molecule has 156 valence electrons. The number of benzene rings is 2. The Bertz CT molecular complexity index is 973. The first-order valence-corrected chi connectivity index (χ1v) is 10.6. The van der Waals surface area contributed by atoms with Crippen LogP contribution < -0.4 is 10.1 Å². The molecule has 9 heteroatoms. The van der Waals surface area contributed by atoms with Crippen molar-refractivity contribution in [1.29, 1.82) is 0 Å². The normalized spacial score (nSPS) is 16.2. The number of amides is 1. The highest BCUT2D eigenvalue weighted by molar-refractivity contribution is 7.89. The highest BCUT2D eigenvalue weighted by Gasteiger charge is 2.26. The van der Waals surface area contributed by atoms with E-state index in [9.17, 15) is 17.6 Å². The molecule has 1 fully saturated rings. The second kappa shape index (κ2) is 8.89. The van der Waals surface area contributed by atoms with Crippen molar-refractivity contribution in [2.24, 2.45) is 0 Å². The lowest BCUT2D eigenvalue weighted by atomic mass is 10.1. The molecule has 0 radical (unpaired) electrons. The molecule has 7 nitrogen and oxygen atoms in total. The fourth-order valence-corrected chi connectivity index (χ4v) is 4.44. The molecule has 1 unspecified atom stereocenters. The van der Waals surface area contributed by atoms with Gasteiger partial charge in [0, 0.05) is 18.7 Å². The fraction of sp³-hybridized carbons (Fsp3) is 0.350. The van der Waals surface area contributed by atoms with Gasteiger partial charge in [-0.05, 0) is 48.9 Å². The zero-order valence-electron chi connectivity index (χ0n) is 16.2. The summed E-state index contributed by atoms with van der Waals surface area (Å²) in [5.41, 5.74) is 0.898. The summed E-state index contributed by atoms with van der Waals surface area (Å²) in [7, 11) is -2.23. The number of halogens is 1. The molecule has 1 amide bonds. The van der Waals surface area contributed by atoms with E-state index in [1.807, 2.05) is 0 Å². The number of ether oxygens (including phenoxy) is 2. The van der Waals surface area contributed by atoms with Crippen molar-refractivity contribution >= 4 is 15.9 Å². The Hall–Kier alpha value is -2.49. The number of carbonyl (C=O) groups excluding carboxylic acids is 1. The predicted molar refractivity (Wildman–Crippen MR) is 105 cm³/mol. The Morgan fingerprint density at radius 3 is 2.41 bits per heavy atom. The molecule has 1 aliphatic rings. The molecule has 29 heavy (non-hydrogen) atoms. The molecular formula is C20H23FN2O5S. The summed E-state index contributed by atoms with van der Waals surface area (Å²) in [5, 5.41) is 2.78. The predicted octanol–water partition coefficient (Wildman–Crippen LogP) is 2.35. The molecule has 0 bridgehead atoms. The van der Waals surface area contributed by atoms with Crippen molar-refractivity contribution in [3.63, 3.8) is 0 Å². The Morgan fingerprint density at radius 2 is 1.83 bits per heavy atom. The number of sulfonamides is 1. The number of carbonyl (C=O) groups is 1. The molecule has 0 aromatic heterocycles. The maximum atomic E-state index is 13.9. The van der Waals surface area contributed by atoms with Crippen molar-refractivity contribution in [2.45, 2.75) is 17.9 Å². The van der Waals surface area contributed by atoms with E-state index < -0.39 is 21.9 Å². The van der Waals surface area contributed by atoms with Crippen LogP contribution in [0.3, 0.4) is 0 Å². The lowest BCUT2D eigenvalue weighted by Gasteiger charge is -2.26. The third kappa shape index (κ3) is 4.75. The summed E-state index contributed by atoms with van der Waals surface area (Å²) >= 11 is 0. The van der Waals surface area contributed by atoms with Crippen molar-refractivity contribution in [3.8, 4) is 5.75 Å². The van der Waals surface area contributed by atoms with Crippen LogP contribution in [-0.2, 0) is 14.8 Å². The quantitative estimate of drug-likeness (QED) is 0.773. The minimum atomic E-state index is -3.61. The van der Waals surface area contributed by atoms with E-state index in [0.29, 0.717) is 37.4 Å². The summed E-state index contributed by atoms with van der Waals surface area (Å²) < 4.78 is 50.6. The van der Waals surface area contributed by atoms with E-state index in [1.165, 1.54) is 47.8 Å². The zero-order valence-corrected chi connectivity index (χ0v) is 17.0. The van der Waals surface area contributed by atoms with E-state index in [-0.39, 0.29) is 16.6 Å². The van der Waals surface area contributed by atoms with Crippen LogP contribution in [0.2, 0.25) is 0 Å². The molecule has 0 aliphatic carbocycles. The van der Waals surface area contributed by atoms with Crippen molar-refractivity contribution in [1.82, 2.24) is 9.62 Å². The molecule has 2 aromatic carbocycles. The van der Waals surface area contributed by atoms with Crippen LogP contribution >= 0.6 is 0 Å². The summed E-state index contributed by atoms with van der Waals surface area (Å²) in [6.07, 6.45) is 0. The number of methoxy groups -OCH3 is 1. The van der Waals surface area contributed by atoms with Crippen molar-refractivity contribution in [3.05, 3.63) is 59.4 Å². The number of morpholine rings is 1. The van der Waals surface area contributed by atoms with Gasteiger partial charge in [-0.15, -0.1) is 0 Å². The zero-order chi connectivity index (χ0) is 21.0. The number of nitrogens with one attached hydrogen (secondary N) is 1. The van der Waals surface area contributed by atoms with Crippen LogP contribution in [0, 0.1) is 5.82 Å². The van der Waals surface area contributed by atoms with Gasteiger partial charge in [0.05, 0.1) is 31.3 Å². The average molecular weight is 422 g/mol. The minimum absolute atomic E-state index is 0.126. The highest BCUT2D eigenvalue weighted by Crippen LogP contribution is 2.22. The molecular weight excluding hydrogens is 399 g/mol. The van der Waals surface area contributed by atoms with Crippen molar-refractivity contribution in [2.75, 3.05) is 33.4 Å². The van der Waals surface area contributed by atoms with Gasteiger partial charge < -0.3 is 14.8 Å². The largest absolute Gasteiger partial charge is 0.494 e. The van der Waals surface area contributed by atoms with Crippen LogP contribution in [0.25, 0.3) is 0 Å². The number of hydrogen-bond acceptors (Lipinski definition) is 5. The second-order valence-corrected chi connectivity index (χ2v) is 8.57. The van der Waals surface area contributed by atoms with Crippen LogP contribution in [0.5, 0.6) is 5.75 Å². The molecule has 1 heterocycles. The Labute approximate surface area is 169 Å². The Morgan fingerprint density at radius 1 is 1.17 bits per heavy atom. The molecule has 1 atom stereocenters. The second-order valence-electron chi connectivity index (χ2n) is 6.63. The monoisotopic (exact) mass is 422 g/mol. The van der Waals surface area contributed by atoms with Crippen LogP contribution in [-0.4, -0.2) is 52.0 Å². The van der Waals surface area contributed by atoms with Crippen molar-refractivity contribution < 1.29 is 27.1 Å². The van der Waals surface area contributed by atoms with Gasteiger partial charge in [0.25, 0.3) is 5.91 Å². The number of hydrogen-bond donors (Lipinski definition) is 1. The smallest absolute Gasteiger partial charge is 0.251 e. The van der Waals surface area contributed by atoms with E-state index in [0.717, 1.165) is 0 Å². The maximum Gasteiger partial charge on any atom is 0.251 e. The third-order valence-corrected chi connectivity index (χ3v) is 6.66. The molecule has 1 saturated heterocycles. The summed E-state index contributed by atoms with van der Waals surface area (Å²) in [5.74, 6) is -0.767. The average Bonchev–Trinajstić information content (AvgIpc) is 2.74. The van der Waals surface area contributed by atoms with Gasteiger partial charge in [-0.1, -0.05) is 6.07 Å². The standard InChI is InChI=1S/C20H23FN2O5S/c1-14(16-5-8-19(27-2)18(21)13-16)22-20(24)15-3-6-17(7-4-15)29(25,26)23-9-11-28-12-10-23/h3-8,13-14H,9-12H2,1-2H3,(H,22,24). The molecule has 3 rings (SSSR count). The van der Waals surface area contributed by atoms with Gasteiger partial charge in [-0.2, -0.15) is 4.31 Å². The van der Waals surface area contributed by atoms with Gasteiger partial charge in [0.15, 0.2) is 11.6 Å². The molecule has 2 aromatic rings. The van der Waals surface area contributed by atoms with E-state index in [2.05, 4.69) is 5.32 Å².